The number of nitro groups is 1. The summed E-state index contributed by atoms with van der Waals surface area (Å²) in [6.07, 6.45) is 1.62. The zero-order chi connectivity index (χ0) is 29.3. The van der Waals surface area contributed by atoms with Gasteiger partial charge in [-0.3, -0.25) is 24.6 Å². The molecular formula is C27H22ClN7O4S2. The number of nitrogens with one attached hydrogen (secondary N) is 1. The van der Waals surface area contributed by atoms with E-state index in [1.54, 1.807) is 4.90 Å². The molecule has 1 aliphatic heterocycles. The SMILES string of the molecule is Cc1cccc(C2C(C#N)=C(N)N(c3nnc(SCC(=O)Nc4ccc(Cl)c([N+](=O)[O-])c4)s3)C3=C2C(=O)CCC3)c1. The van der Waals surface area contributed by atoms with Crippen LogP contribution < -0.4 is 16.0 Å². The molecule has 0 radical (unpaired) electrons. The average Bonchev–Trinajstić information content (AvgIpc) is 3.40. The number of Topliss-reactive ketones (excluding diaryl/α,β-unsaturated/α-hetero) is 1. The maximum Gasteiger partial charge on any atom is 0.289 e. The van der Waals surface area contributed by atoms with Crippen molar-refractivity contribution in [3.8, 4) is 6.07 Å². The van der Waals surface area contributed by atoms with Crippen molar-refractivity contribution in [3.05, 3.63) is 91.4 Å². The van der Waals surface area contributed by atoms with Gasteiger partial charge in [-0.2, -0.15) is 5.26 Å². The van der Waals surface area contributed by atoms with E-state index in [0.29, 0.717) is 40.0 Å². The number of aromatic nitrogens is 2. The summed E-state index contributed by atoms with van der Waals surface area (Å²) in [7, 11) is 0. The standard InChI is InChI=1S/C27H22ClN7O4S2/c1-14-4-2-5-15(10-14)23-17(12-29)25(30)34(19-6-3-7-21(36)24(19)23)26-32-33-27(41-26)40-13-22(37)31-16-8-9-18(28)20(11-16)35(38)39/h2,4-5,8-11,23H,3,6-7,13,30H2,1H3,(H,31,37). The summed E-state index contributed by atoms with van der Waals surface area (Å²) in [6.45, 7) is 1.95. The van der Waals surface area contributed by atoms with Gasteiger partial charge in [-0.1, -0.05) is 64.5 Å². The van der Waals surface area contributed by atoms with Crippen molar-refractivity contribution in [1.82, 2.24) is 10.2 Å². The molecule has 1 aromatic heterocycles. The van der Waals surface area contributed by atoms with Gasteiger partial charge in [-0.25, -0.2) is 0 Å². The van der Waals surface area contributed by atoms with Crippen molar-refractivity contribution in [2.24, 2.45) is 5.73 Å². The van der Waals surface area contributed by atoms with Gasteiger partial charge in [0.05, 0.1) is 28.2 Å². The molecule has 3 N–H and O–H groups in total. The third-order valence-electron chi connectivity index (χ3n) is 6.63. The Morgan fingerprint density at radius 2 is 2.12 bits per heavy atom. The predicted octanol–water partition coefficient (Wildman–Crippen LogP) is 5.44. The van der Waals surface area contributed by atoms with Gasteiger partial charge in [-0.05, 0) is 37.5 Å². The lowest BCUT2D eigenvalue weighted by molar-refractivity contribution is -0.384. The van der Waals surface area contributed by atoms with E-state index >= 15 is 0 Å². The maximum atomic E-state index is 13.3. The van der Waals surface area contributed by atoms with E-state index in [9.17, 15) is 25.0 Å². The summed E-state index contributed by atoms with van der Waals surface area (Å²) in [5, 5.41) is 32.7. The Bertz CT molecular complexity index is 1690. The molecule has 5 rings (SSSR count). The minimum Gasteiger partial charge on any atom is -0.384 e. The molecule has 11 nitrogen and oxygen atoms in total. The van der Waals surface area contributed by atoms with Gasteiger partial charge in [-0.15, -0.1) is 10.2 Å². The summed E-state index contributed by atoms with van der Waals surface area (Å²) < 4.78 is 0.466. The number of nitriles is 1. The van der Waals surface area contributed by atoms with Crippen LogP contribution >= 0.6 is 34.7 Å². The Kier molecular flexibility index (Phi) is 8.07. The predicted molar refractivity (Wildman–Crippen MR) is 156 cm³/mol. The van der Waals surface area contributed by atoms with Gasteiger partial charge in [0.25, 0.3) is 5.69 Å². The fraction of sp³-hybridized carbons (Fsp3) is 0.222. The third-order valence-corrected chi connectivity index (χ3v) is 8.99. The Labute approximate surface area is 247 Å². The lowest BCUT2D eigenvalue weighted by atomic mass is 9.75. The van der Waals surface area contributed by atoms with E-state index in [0.717, 1.165) is 22.9 Å². The van der Waals surface area contributed by atoms with E-state index in [4.69, 9.17) is 17.3 Å². The van der Waals surface area contributed by atoms with Crippen LogP contribution in [-0.2, 0) is 9.59 Å². The number of allylic oxidation sites excluding steroid dienone is 3. The highest BCUT2D eigenvalue weighted by Gasteiger charge is 2.41. The lowest BCUT2D eigenvalue weighted by Gasteiger charge is -2.38. The van der Waals surface area contributed by atoms with Crippen LogP contribution in [0.3, 0.4) is 0 Å². The number of amides is 1. The number of anilines is 2. The number of halogens is 1. The molecule has 1 unspecified atom stereocenters. The van der Waals surface area contributed by atoms with Gasteiger partial charge in [0.15, 0.2) is 10.1 Å². The number of carbonyl (C=O) groups is 2. The lowest BCUT2D eigenvalue weighted by Crippen LogP contribution is -2.38. The summed E-state index contributed by atoms with van der Waals surface area (Å²) in [6, 6.07) is 13.9. The summed E-state index contributed by atoms with van der Waals surface area (Å²) in [5.41, 5.74) is 9.89. The Balaban J connectivity index is 1.39. The molecule has 1 atom stereocenters. The number of aryl methyl sites for hydroxylation is 1. The zero-order valence-corrected chi connectivity index (χ0v) is 24.0. The highest BCUT2D eigenvalue weighted by atomic mass is 35.5. The second kappa shape index (κ2) is 11.7. The number of rotatable bonds is 7. The molecule has 41 heavy (non-hydrogen) atoms. The molecule has 0 spiro atoms. The van der Waals surface area contributed by atoms with Crippen LogP contribution in [0.1, 0.15) is 36.3 Å². The van der Waals surface area contributed by atoms with Crippen LogP contribution in [0, 0.1) is 28.4 Å². The van der Waals surface area contributed by atoms with E-state index in [2.05, 4.69) is 21.6 Å². The molecule has 1 amide bonds. The van der Waals surface area contributed by atoms with Gasteiger partial charge < -0.3 is 11.1 Å². The van der Waals surface area contributed by atoms with Crippen LogP contribution in [0.5, 0.6) is 0 Å². The van der Waals surface area contributed by atoms with Crippen LogP contribution in [0.15, 0.2) is 69.5 Å². The van der Waals surface area contributed by atoms with E-state index in [1.165, 1.54) is 29.5 Å². The van der Waals surface area contributed by atoms with Crippen molar-refractivity contribution in [2.75, 3.05) is 16.0 Å². The number of hydrogen-bond acceptors (Lipinski definition) is 11. The summed E-state index contributed by atoms with van der Waals surface area (Å²) >= 11 is 8.14. The second-order valence-electron chi connectivity index (χ2n) is 9.34. The molecule has 208 valence electrons. The minimum atomic E-state index is -0.627. The smallest absolute Gasteiger partial charge is 0.289 e. The Morgan fingerprint density at radius 1 is 1.32 bits per heavy atom. The van der Waals surface area contributed by atoms with Crippen molar-refractivity contribution in [3.63, 3.8) is 0 Å². The quantitative estimate of drug-likeness (QED) is 0.200. The van der Waals surface area contributed by atoms with Crippen molar-refractivity contribution in [2.45, 2.75) is 36.4 Å². The number of hydrogen-bond donors (Lipinski definition) is 2. The van der Waals surface area contributed by atoms with Gasteiger partial charge in [0.2, 0.25) is 11.0 Å². The molecule has 0 saturated heterocycles. The molecule has 1 aliphatic carbocycles. The van der Waals surface area contributed by atoms with E-state index in [-0.39, 0.29) is 39.3 Å². The number of thioether (sulfide) groups is 1. The van der Waals surface area contributed by atoms with Crippen LogP contribution in [0.4, 0.5) is 16.5 Å². The Morgan fingerprint density at radius 3 is 2.85 bits per heavy atom. The fourth-order valence-corrected chi connectivity index (χ4v) is 6.76. The molecule has 0 bridgehead atoms. The molecular weight excluding hydrogens is 586 g/mol. The average molecular weight is 608 g/mol. The molecule has 2 aromatic carbocycles. The molecule has 3 aromatic rings. The number of nitrogens with two attached hydrogens (primary N) is 1. The van der Waals surface area contributed by atoms with Crippen molar-refractivity contribution < 1.29 is 14.5 Å². The monoisotopic (exact) mass is 607 g/mol. The highest BCUT2D eigenvalue weighted by Crippen LogP contribution is 2.47. The van der Waals surface area contributed by atoms with Gasteiger partial charge >= 0.3 is 0 Å². The first-order valence-corrected chi connectivity index (χ1v) is 14.6. The first kappa shape index (κ1) is 28.3. The van der Waals surface area contributed by atoms with Crippen LogP contribution in [0.2, 0.25) is 5.02 Å². The summed E-state index contributed by atoms with van der Waals surface area (Å²) in [5.74, 6) is -0.838. The molecule has 0 fully saturated rings. The molecule has 0 saturated carbocycles. The topological polar surface area (TPSA) is 168 Å². The molecule has 2 aliphatic rings. The highest BCUT2D eigenvalue weighted by molar-refractivity contribution is 8.01. The van der Waals surface area contributed by atoms with Crippen LogP contribution in [0.25, 0.3) is 0 Å². The number of nitro benzene ring substituents is 1. The summed E-state index contributed by atoms with van der Waals surface area (Å²) in [4.78, 5) is 37.9. The first-order valence-electron chi connectivity index (χ1n) is 12.4. The van der Waals surface area contributed by atoms with Crippen molar-refractivity contribution >= 4 is 62.9 Å². The van der Waals surface area contributed by atoms with Crippen molar-refractivity contribution in [1.29, 1.82) is 5.26 Å². The molecule has 2 heterocycles. The minimum absolute atomic E-state index is 0.0266. The number of nitrogens with zero attached hydrogens (tertiary/aromatic N) is 5. The largest absolute Gasteiger partial charge is 0.384 e. The number of benzene rings is 2. The van der Waals surface area contributed by atoms with Gasteiger partial charge in [0, 0.05) is 29.4 Å². The van der Waals surface area contributed by atoms with E-state index in [1.807, 2.05) is 31.2 Å². The molecule has 14 heteroatoms. The number of carbonyl (C=O) groups excluding carboxylic acids is 2. The normalized spacial score (nSPS) is 16.9. The number of ketones is 1. The Hall–Kier alpha value is -4.25. The third kappa shape index (κ3) is 5.67. The second-order valence-corrected chi connectivity index (χ2v) is 11.9. The fourth-order valence-electron chi connectivity index (χ4n) is 4.89. The first-order chi connectivity index (χ1) is 19.7. The zero-order valence-electron chi connectivity index (χ0n) is 21.6. The van der Waals surface area contributed by atoms with Gasteiger partial charge in [0.1, 0.15) is 10.8 Å². The van der Waals surface area contributed by atoms with E-state index < -0.39 is 16.7 Å². The maximum absolute atomic E-state index is 13.3. The van der Waals surface area contributed by atoms with Crippen LogP contribution in [-0.4, -0.2) is 32.6 Å².